The Kier molecular flexibility index (Phi) is 8.50. The third-order valence-corrected chi connectivity index (χ3v) is 6.76. The number of nitrogens with zero attached hydrogens (tertiary/aromatic N) is 1. The number of amides is 4. The summed E-state index contributed by atoms with van der Waals surface area (Å²) in [6, 6.07) is 19.3. The van der Waals surface area contributed by atoms with Crippen molar-refractivity contribution >= 4 is 63.8 Å². The summed E-state index contributed by atoms with van der Waals surface area (Å²) in [5.41, 5.74) is 3.65. The van der Waals surface area contributed by atoms with E-state index < -0.39 is 23.6 Å². The number of imide groups is 1. The SMILES string of the molecule is Cc1ccccc1NC(=O)COc1ccc(/C=C2\SC(=O)N(CC(=O)Nc3cc(Cl)ccc3C)C2=O)cc1. The number of nitrogens with one attached hydrogen (secondary N) is 2. The van der Waals surface area contributed by atoms with Crippen LogP contribution in [0.5, 0.6) is 5.75 Å². The predicted octanol–water partition coefficient (Wildman–Crippen LogP) is 5.65. The van der Waals surface area contributed by atoms with Crippen LogP contribution in [0.2, 0.25) is 5.02 Å². The Morgan fingerprint density at radius 2 is 1.61 bits per heavy atom. The molecule has 3 aromatic rings. The lowest BCUT2D eigenvalue weighted by Crippen LogP contribution is -2.36. The van der Waals surface area contributed by atoms with Crippen LogP contribution in [0.15, 0.2) is 71.6 Å². The van der Waals surface area contributed by atoms with E-state index in [0.29, 0.717) is 22.0 Å². The number of carbonyl (C=O) groups is 4. The molecule has 0 radical (unpaired) electrons. The van der Waals surface area contributed by atoms with E-state index in [2.05, 4.69) is 10.6 Å². The van der Waals surface area contributed by atoms with Gasteiger partial charge < -0.3 is 15.4 Å². The number of anilines is 2. The molecule has 1 heterocycles. The molecule has 0 aliphatic carbocycles. The van der Waals surface area contributed by atoms with Crippen molar-refractivity contribution in [1.29, 1.82) is 0 Å². The molecule has 1 aliphatic rings. The summed E-state index contributed by atoms with van der Waals surface area (Å²) >= 11 is 6.75. The molecule has 4 rings (SSSR count). The monoisotopic (exact) mass is 549 g/mol. The summed E-state index contributed by atoms with van der Waals surface area (Å²) in [5.74, 6) is -0.868. The predicted molar refractivity (Wildman–Crippen MR) is 149 cm³/mol. The van der Waals surface area contributed by atoms with E-state index >= 15 is 0 Å². The van der Waals surface area contributed by atoms with Crippen LogP contribution < -0.4 is 15.4 Å². The standard InChI is InChI=1S/C28H24ClN3O5S/c1-17-5-3-4-6-22(17)30-26(34)16-37-21-11-8-19(9-12-21)13-24-27(35)32(28(36)38-24)15-25(33)31-23-14-20(29)10-7-18(23)2/h3-14H,15-16H2,1-2H3,(H,30,34)(H,31,33)/b24-13-. The van der Waals surface area contributed by atoms with Crippen LogP contribution in [0, 0.1) is 13.8 Å². The van der Waals surface area contributed by atoms with E-state index in [9.17, 15) is 19.2 Å². The van der Waals surface area contributed by atoms with Gasteiger partial charge in [0.15, 0.2) is 6.61 Å². The average Bonchev–Trinajstić information content (AvgIpc) is 3.14. The van der Waals surface area contributed by atoms with Gasteiger partial charge in [0.25, 0.3) is 17.1 Å². The molecule has 0 atom stereocenters. The van der Waals surface area contributed by atoms with Gasteiger partial charge in [0, 0.05) is 16.4 Å². The number of benzene rings is 3. The number of halogens is 1. The molecule has 194 valence electrons. The van der Waals surface area contributed by atoms with Gasteiger partial charge in [0.05, 0.1) is 4.91 Å². The molecule has 1 fully saturated rings. The highest BCUT2D eigenvalue weighted by Gasteiger charge is 2.36. The smallest absolute Gasteiger partial charge is 0.294 e. The van der Waals surface area contributed by atoms with Crippen molar-refractivity contribution < 1.29 is 23.9 Å². The molecule has 2 N–H and O–H groups in total. The third kappa shape index (κ3) is 6.81. The van der Waals surface area contributed by atoms with Gasteiger partial charge in [-0.3, -0.25) is 24.1 Å². The zero-order valence-electron chi connectivity index (χ0n) is 20.6. The molecule has 0 unspecified atom stereocenters. The van der Waals surface area contributed by atoms with Crippen molar-refractivity contribution in [2.75, 3.05) is 23.8 Å². The number of para-hydroxylation sites is 1. The van der Waals surface area contributed by atoms with Crippen molar-refractivity contribution in [2.24, 2.45) is 0 Å². The first kappa shape index (κ1) is 27.0. The Morgan fingerprint density at radius 3 is 2.34 bits per heavy atom. The van der Waals surface area contributed by atoms with Crippen LogP contribution >= 0.6 is 23.4 Å². The molecule has 0 aromatic heterocycles. The Bertz CT molecular complexity index is 1440. The highest BCUT2D eigenvalue weighted by atomic mass is 35.5. The molecule has 8 nitrogen and oxygen atoms in total. The fourth-order valence-corrected chi connectivity index (χ4v) is 4.57. The van der Waals surface area contributed by atoms with E-state index in [1.807, 2.05) is 38.1 Å². The Morgan fingerprint density at radius 1 is 0.921 bits per heavy atom. The molecule has 10 heteroatoms. The van der Waals surface area contributed by atoms with E-state index in [-0.39, 0.29) is 17.4 Å². The van der Waals surface area contributed by atoms with Crippen LogP contribution in [0.4, 0.5) is 16.2 Å². The molecule has 1 saturated heterocycles. The zero-order chi connectivity index (χ0) is 27.2. The second kappa shape index (κ2) is 12.0. The van der Waals surface area contributed by atoms with Crippen LogP contribution in [-0.2, 0) is 14.4 Å². The second-order valence-electron chi connectivity index (χ2n) is 8.50. The number of aryl methyl sites for hydroxylation is 2. The fourth-order valence-electron chi connectivity index (χ4n) is 3.56. The van der Waals surface area contributed by atoms with E-state index in [1.54, 1.807) is 48.5 Å². The minimum absolute atomic E-state index is 0.163. The largest absolute Gasteiger partial charge is 0.484 e. The maximum atomic E-state index is 12.8. The summed E-state index contributed by atoms with van der Waals surface area (Å²) in [4.78, 5) is 51.0. The molecular formula is C28H24ClN3O5S. The molecule has 3 aromatic carbocycles. The average molecular weight is 550 g/mol. The first-order chi connectivity index (χ1) is 18.2. The highest BCUT2D eigenvalue weighted by Crippen LogP contribution is 2.32. The van der Waals surface area contributed by atoms with E-state index in [0.717, 1.165) is 33.5 Å². The molecule has 0 saturated carbocycles. The maximum absolute atomic E-state index is 12.8. The lowest BCUT2D eigenvalue weighted by molar-refractivity contribution is -0.127. The summed E-state index contributed by atoms with van der Waals surface area (Å²) in [6.07, 6.45) is 1.57. The van der Waals surface area contributed by atoms with Gasteiger partial charge >= 0.3 is 0 Å². The van der Waals surface area contributed by atoms with Crippen LogP contribution in [0.1, 0.15) is 16.7 Å². The number of carbonyl (C=O) groups excluding carboxylic acids is 4. The second-order valence-corrected chi connectivity index (χ2v) is 9.93. The summed E-state index contributed by atoms with van der Waals surface area (Å²) < 4.78 is 5.55. The molecule has 1 aliphatic heterocycles. The number of ether oxygens (including phenoxy) is 1. The molecule has 4 amide bonds. The Hall–Kier alpha value is -4.08. The van der Waals surface area contributed by atoms with Crippen molar-refractivity contribution in [3.8, 4) is 5.75 Å². The number of rotatable bonds is 8. The van der Waals surface area contributed by atoms with Crippen molar-refractivity contribution in [1.82, 2.24) is 4.90 Å². The summed E-state index contributed by atoms with van der Waals surface area (Å²) in [6.45, 7) is 3.14. The van der Waals surface area contributed by atoms with Crippen LogP contribution in [0.3, 0.4) is 0 Å². The molecule has 0 spiro atoms. The van der Waals surface area contributed by atoms with Crippen molar-refractivity contribution in [3.63, 3.8) is 0 Å². The summed E-state index contributed by atoms with van der Waals surface area (Å²) in [5, 5.41) is 5.42. The number of hydrogen-bond donors (Lipinski definition) is 2. The quantitative estimate of drug-likeness (QED) is 0.352. The highest BCUT2D eigenvalue weighted by molar-refractivity contribution is 8.18. The van der Waals surface area contributed by atoms with Gasteiger partial charge in [-0.15, -0.1) is 0 Å². The summed E-state index contributed by atoms with van der Waals surface area (Å²) in [7, 11) is 0. The number of thioether (sulfide) groups is 1. The zero-order valence-corrected chi connectivity index (χ0v) is 22.2. The van der Waals surface area contributed by atoms with Crippen LogP contribution in [-0.4, -0.2) is 41.0 Å². The van der Waals surface area contributed by atoms with E-state index in [4.69, 9.17) is 16.3 Å². The fraction of sp³-hybridized carbons (Fsp3) is 0.143. The van der Waals surface area contributed by atoms with E-state index in [1.165, 1.54) is 0 Å². The van der Waals surface area contributed by atoms with Crippen molar-refractivity contribution in [2.45, 2.75) is 13.8 Å². The minimum atomic E-state index is -0.550. The first-order valence-corrected chi connectivity index (χ1v) is 12.8. The number of hydrogen-bond acceptors (Lipinski definition) is 6. The van der Waals surface area contributed by atoms with Crippen LogP contribution in [0.25, 0.3) is 6.08 Å². The third-order valence-electron chi connectivity index (χ3n) is 5.62. The van der Waals surface area contributed by atoms with Gasteiger partial charge in [0.1, 0.15) is 12.3 Å². The van der Waals surface area contributed by atoms with Gasteiger partial charge in [-0.05, 0) is 78.7 Å². The van der Waals surface area contributed by atoms with Gasteiger partial charge in [0.2, 0.25) is 5.91 Å². The van der Waals surface area contributed by atoms with Gasteiger partial charge in [-0.2, -0.15) is 0 Å². The Labute approximate surface area is 229 Å². The van der Waals surface area contributed by atoms with Gasteiger partial charge in [-0.25, -0.2) is 0 Å². The van der Waals surface area contributed by atoms with Crippen molar-refractivity contribution in [3.05, 3.63) is 93.3 Å². The molecule has 38 heavy (non-hydrogen) atoms. The maximum Gasteiger partial charge on any atom is 0.294 e. The molecular weight excluding hydrogens is 526 g/mol. The minimum Gasteiger partial charge on any atom is -0.484 e. The van der Waals surface area contributed by atoms with Gasteiger partial charge in [-0.1, -0.05) is 48.0 Å². The Balaban J connectivity index is 1.32. The lowest BCUT2D eigenvalue weighted by atomic mass is 10.2. The lowest BCUT2D eigenvalue weighted by Gasteiger charge is -2.13. The topological polar surface area (TPSA) is 105 Å². The molecule has 0 bridgehead atoms. The normalized spacial score (nSPS) is 14.1. The first-order valence-electron chi connectivity index (χ1n) is 11.6.